The Morgan fingerprint density at radius 1 is 1.33 bits per heavy atom. The van der Waals surface area contributed by atoms with Crippen LogP contribution >= 0.6 is 11.6 Å². The summed E-state index contributed by atoms with van der Waals surface area (Å²) in [6, 6.07) is 10.6. The van der Waals surface area contributed by atoms with Crippen LogP contribution in [-0.4, -0.2) is 16.6 Å². The fourth-order valence-electron chi connectivity index (χ4n) is 2.91. The van der Waals surface area contributed by atoms with Crippen LogP contribution in [0.15, 0.2) is 34.9 Å². The Kier molecular flexibility index (Phi) is 4.32. The van der Waals surface area contributed by atoms with Gasteiger partial charge < -0.3 is 4.52 Å². The maximum absolute atomic E-state index is 5.95. The van der Waals surface area contributed by atoms with E-state index in [4.69, 9.17) is 16.1 Å². The van der Waals surface area contributed by atoms with Crippen molar-refractivity contribution in [2.45, 2.75) is 45.2 Å². The summed E-state index contributed by atoms with van der Waals surface area (Å²) in [4.78, 5) is 2.48. The average Bonchev–Trinajstić information content (AvgIpc) is 3.09. The van der Waals surface area contributed by atoms with Gasteiger partial charge in [0, 0.05) is 23.6 Å². The van der Waals surface area contributed by atoms with Gasteiger partial charge in [-0.15, -0.1) is 0 Å². The molecule has 0 spiro atoms. The van der Waals surface area contributed by atoms with E-state index < -0.39 is 0 Å². The standard InChI is InChI=1S/C17H21ClN2O/c1-12(2)17-10-15(19-21-17)16-4-3-9-20(16)11-13-5-7-14(18)8-6-13/h5-8,10,12,16H,3-4,9,11H2,1-2H3/t16-/m1/s1. The van der Waals surface area contributed by atoms with Gasteiger partial charge in [-0.3, -0.25) is 4.90 Å². The van der Waals surface area contributed by atoms with Crippen LogP contribution in [-0.2, 0) is 6.54 Å². The minimum atomic E-state index is 0.372. The van der Waals surface area contributed by atoms with Crippen molar-refractivity contribution in [2.75, 3.05) is 6.54 Å². The summed E-state index contributed by atoms with van der Waals surface area (Å²) in [5, 5.41) is 5.07. The van der Waals surface area contributed by atoms with E-state index in [1.807, 2.05) is 12.1 Å². The first kappa shape index (κ1) is 14.6. The van der Waals surface area contributed by atoms with E-state index in [1.54, 1.807) is 0 Å². The summed E-state index contributed by atoms with van der Waals surface area (Å²) in [7, 11) is 0. The highest BCUT2D eigenvalue weighted by Crippen LogP contribution is 2.33. The molecule has 1 aliphatic rings. The van der Waals surface area contributed by atoms with Crippen LogP contribution in [0.3, 0.4) is 0 Å². The molecule has 0 N–H and O–H groups in total. The highest BCUT2D eigenvalue weighted by Gasteiger charge is 2.28. The van der Waals surface area contributed by atoms with Gasteiger partial charge in [-0.1, -0.05) is 42.7 Å². The van der Waals surface area contributed by atoms with Crippen molar-refractivity contribution in [3.63, 3.8) is 0 Å². The van der Waals surface area contributed by atoms with E-state index in [-0.39, 0.29) is 0 Å². The summed E-state index contributed by atoms with van der Waals surface area (Å²) < 4.78 is 5.46. The Morgan fingerprint density at radius 2 is 2.10 bits per heavy atom. The maximum Gasteiger partial charge on any atom is 0.139 e. The molecule has 112 valence electrons. The number of hydrogen-bond acceptors (Lipinski definition) is 3. The second kappa shape index (κ2) is 6.20. The number of halogens is 1. The first-order valence-corrected chi connectivity index (χ1v) is 7.96. The molecule has 0 aliphatic carbocycles. The third-order valence-electron chi connectivity index (χ3n) is 4.12. The first-order chi connectivity index (χ1) is 10.1. The van der Waals surface area contributed by atoms with E-state index in [2.05, 4.69) is 42.1 Å². The molecule has 0 saturated carbocycles. The van der Waals surface area contributed by atoms with Crippen LogP contribution in [0.25, 0.3) is 0 Å². The summed E-state index contributed by atoms with van der Waals surface area (Å²) in [5.41, 5.74) is 2.36. The SMILES string of the molecule is CC(C)c1cc([C@H]2CCCN2Cc2ccc(Cl)cc2)no1. The topological polar surface area (TPSA) is 29.3 Å². The van der Waals surface area contributed by atoms with Gasteiger partial charge >= 0.3 is 0 Å². The number of hydrogen-bond donors (Lipinski definition) is 0. The Labute approximate surface area is 130 Å². The van der Waals surface area contributed by atoms with Gasteiger partial charge in [0.2, 0.25) is 0 Å². The second-order valence-corrected chi connectivity index (χ2v) is 6.50. The van der Waals surface area contributed by atoms with Crippen molar-refractivity contribution in [2.24, 2.45) is 0 Å². The van der Waals surface area contributed by atoms with Gasteiger partial charge in [-0.25, -0.2) is 0 Å². The number of likely N-dealkylation sites (tertiary alicyclic amines) is 1. The molecule has 0 bridgehead atoms. The van der Waals surface area contributed by atoms with Crippen LogP contribution in [0.4, 0.5) is 0 Å². The molecule has 4 heteroatoms. The lowest BCUT2D eigenvalue weighted by atomic mass is 10.1. The molecule has 1 atom stereocenters. The van der Waals surface area contributed by atoms with Crippen molar-refractivity contribution < 1.29 is 4.52 Å². The second-order valence-electron chi connectivity index (χ2n) is 6.06. The van der Waals surface area contributed by atoms with Crippen molar-refractivity contribution >= 4 is 11.6 Å². The van der Waals surface area contributed by atoms with Gasteiger partial charge in [-0.05, 0) is 37.1 Å². The zero-order chi connectivity index (χ0) is 14.8. The molecule has 1 aromatic heterocycles. The van der Waals surface area contributed by atoms with Gasteiger partial charge in [0.15, 0.2) is 0 Å². The summed E-state index contributed by atoms with van der Waals surface area (Å²) in [5.74, 6) is 1.36. The van der Waals surface area contributed by atoms with E-state index in [1.165, 1.54) is 12.0 Å². The number of nitrogens with zero attached hydrogens (tertiary/aromatic N) is 2. The monoisotopic (exact) mass is 304 g/mol. The summed E-state index contributed by atoms with van der Waals surface area (Å²) in [6.45, 7) is 6.30. The Balaban J connectivity index is 1.74. The van der Waals surface area contributed by atoms with Gasteiger partial charge in [0.1, 0.15) is 11.5 Å². The zero-order valence-electron chi connectivity index (χ0n) is 12.6. The molecular weight excluding hydrogens is 284 g/mol. The highest BCUT2D eigenvalue weighted by atomic mass is 35.5. The number of aromatic nitrogens is 1. The van der Waals surface area contributed by atoms with Gasteiger partial charge in [0.25, 0.3) is 0 Å². The van der Waals surface area contributed by atoms with E-state index >= 15 is 0 Å². The maximum atomic E-state index is 5.95. The predicted molar refractivity (Wildman–Crippen MR) is 84.4 cm³/mol. The number of benzene rings is 1. The minimum Gasteiger partial charge on any atom is -0.361 e. The lowest BCUT2D eigenvalue weighted by Crippen LogP contribution is -2.22. The smallest absolute Gasteiger partial charge is 0.139 e. The Morgan fingerprint density at radius 3 is 2.76 bits per heavy atom. The minimum absolute atomic E-state index is 0.372. The highest BCUT2D eigenvalue weighted by molar-refractivity contribution is 6.30. The van der Waals surface area contributed by atoms with Gasteiger partial charge in [-0.2, -0.15) is 0 Å². The van der Waals surface area contributed by atoms with Crippen LogP contribution in [0.1, 0.15) is 55.7 Å². The molecule has 21 heavy (non-hydrogen) atoms. The fourth-order valence-corrected chi connectivity index (χ4v) is 3.03. The van der Waals surface area contributed by atoms with E-state index in [0.29, 0.717) is 12.0 Å². The summed E-state index contributed by atoms with van der Waals surface area (Å²) >= 11 is 5.95. The quantitative estimate of drug-likeness (QED) is 0.813. The van der Waals surface area contributed by atoms with Crippen molar-refractivity contribution in [1.82, 2.24) is 10.1 Å². The third kappa shape index (κ3) is 3.30. The third-order valence-corrected chi connectivity index (χ3v) is 4.37. The van der Waals surface area contributed by atoms with Crippen LogP contribution in [0.2, 0.25) is 5.02 Å². The molecule has 1 fully saturated rings. The van der Waals surface area contributed by atoms with Crippen LogP contribution in [0.5, 0.6) is 0 Å². The average molecular weight is 305 g/mol. The Hall–Kier alpha value is -1.32. The molecule has 0 amide bonds. The lowest BCUT2D eigenvalue weighted by Gasteiger charge is -2.22. The van der Waals surface area contributed by atoms with Crippen molar-refractivity contribution in [3.05, 3.63) is 52.4 Å². The fraction of sp³-hybridized carbons (Fsp3) is 0.471. The predicted octanol–water partition coefficient (Wildman–Crippen LogP) is 4.79. The molecule has 1 aromatic carbocycles. The zero-order valence-corrected chi connectivity index (χ0v) is 13.3. The molecule has 3 nitrogen and oxygen atoms in total. The molecule has 2 aromatic rings. The van der Waals surface area contributed by atoms with E-state index in [0.717, 1.165) is 36.0 Å². The first-order valence-electron chi connectivity index (χ1n) is 7.58. The molecule has 1 aliphatic heterocycles. The van der Waals surface area contributed by atoms with Crippen molar-refractivity contribution in [3.8, 4) is 0 Å². The van der Waals surface area contributed by atoms with Crippen molar-refractivity contribution in [1.29, 1.82) is 0 Å². The Bertz CT molecular complexity index is 591. The molecule has 3 rings (SSSR count). The van der Waals surface area contributed by atoms with Crippen LogP contribution < -0.4 is 0 Å². The molecule has 1 saturated heterocycles. The van der Waals surface area contributed by atoms with Crippen LogP contribution in [0, 0.1) is 0 Å². The number of rotatable bonds is 4. The van der Waals surface area contributed by atoms with E-state index in [9.17, 15) is 0 Å². The molecule has 0 radical (unpaired) electrons. The van der Waals surface area contributed by atoms with Gasteiger partial charge in [0.05, 0.1) is 6.04 Å². The normalized spacial score (nSPS) is 19.5. The molecular formula is C17H21ClN2O. The summed E-state index contributed by atoms with van der Waals surface area (Å²) in [6.07, 6.45) is 2.36. The molecule has 2 heterocycles. The lowest BCUT2D eigenvalue weighted by molar-refractivity contribution is 0.236. The largest absolute Gasteiger partial charge is 0.361 e. The molecule has 0 unspecified atom stereocenters.